The number of carbonyl (C=O) groups is 1. The van der Waals surface area contributed by atoms with Gasteiger partial charge in [-0.05, 0) is 26.8 Å². The molecule has 17 heavy (non-hydrogen) atoms. The summed E-state index contributed by atoms with van der Waals surface area (Å²) < 4.78 is 1.87. The topological polar surface area (TPSA) is 51.3 Å². The van der Waals surface area contributed by atoms with Gasteiger partial charge in [0.1, 0.15) is 5.69 Å². The maximum Gasteiger partial charge on any atom is 0.271 e. The molecule has 1 heterocycles. The second kappa shape index (κ2) is 5.44. The summed E-state index contributed by atoms with van der Waals surface area (Å²) in [5.74, 6) is 2.42. The maximum absolute atomic E-state index is 12.3. The van der Waals surface area contributed by atoms with E-state index in [9.17, 15) is 4.79 Å². The first-order valence-electron chi connectivity index (χ1n) is 5.71. The van der Waals surface area contributed by atoms with E-state index < -0.39 is 0 Å². The molecule has 0 aliphatic heterocycles. The molecule has 0 radical (unpaired) electrons. The molecule has 0 spiro atoms. The Morgan fingerprint density at radius 1 is 1.65 bits per heavy atom. The summed E-state index contributed by atoms with van der Waals surface area (Å²) in [6, 6.07) is 1.89. The fourth-order valence-corrected chi connectivity index (χ4v) is 1.70. The second-order valence-corrected chi connectivity index (χ2v) is 4.18. The normalized spacial score (nSPS) is 10.3. The third kappa shape index (κ3) is 2.82. The molecule has 92 valence electrons. The number of carbonyl (C=O) groups excluding carboxylic acids is 1. The zero-order chi connectivity index (χ0) is 13.0. The summed E-state index contributed by atoms with van der Waals surface area (Å²) in [5, 5.41) is 0. The van der Waals surface area contributed by atoms with Crippen molar-refractivity contribution in [1.29, 1.82) is 0 Å². The number of nitrogens with zero attached hydrogens (tertiary/aromatic N) is 2. The van der Waals surface area contributed by atoms with E-state index in [0.717, 1.165) is 0 Å². The van der Waals surface area contributed by atoms with Crippen LogP contribution >= 0.6 is 0 Å². The van der Waals surface area contributed by atoms with Crippen molar-refractivity contribution in [2.45, 2.75) is 26.8 Å². The minimum absolute atomic E-state index is 0.0733. The van der Waals surface area contributed by atoms with E-state index in [4.69, 9.17) is 12.2 Å². The van der Waals surface area contributed by atoms with Gasteiger partial charge in [0.25, 0.3) is 5.91 Å². The molecule has 0 aliphatic carbocycles. The number of nitrogens with two attached hydrogens (primary N) is 1. The number of hydrogen-bond donors (Lipinski definition) is 1. The number of amides is 1. The van der Waals surface area contributed by atoms with Crippen LogP contribution in [-0.4, -0.2) is 28.5 Å². The van der Waals surface area contributed by atoms with Crippen LogP contribution in [-0.2, 0) is 0 Å². The molecular weight excluding hydrogens is 214 g/mol. The van der Waals surface area contributed by atoms with Crippen LogP contribution < -0.4 is 5.73 Å². The fourth-order valence-electron chi connectivity index (χ4n) is 1.70. The van der Waals surface area contributed by atoms with Gasteiger partial charge < -0.3 is 15.2 Å². The molecular formula is C13H19N3O. The highest BCUT2D eigenvalue weighted by Crippen LogP contribution is 2.18. The second-order valence-electron chi connectivity index (χ2n) is 4.18. The molecule has 0 bridgehead atoms. The molecule has 1 aromatic heterocycles. The lowest BCUT2D eigenvalue weighted by Crippen LogP contribution is -2.32. The van der Waals surface area contributed by atoms with Crippen LogP contribution in [0.5, 0.6) is 0 Å². The zero-order valence-electron chi connectivity index (χ0n) is 10.6. The smallest absolute Gasteiger partial charge is 0.271 e. The lowest BCUT2D eigenvalue weighted by molar-refractivity contribution is 0.0772. The van der Waals surface area contributed by atoms with Crippen LogP contribution in [0.3, 0.4) is 0 Å². The van der Waals surface area contributed by atoms with E-state index in [0.29, 0.717) is 24.5 Å². The quantitative estimate of drug-likeness (QED) is 0.805. The molecule has 4 heteroatoms. The molecule has 0 aliphatic rings. The largest absolute Gasteiger partial charge is 0.397 e. The van der Waals surface area contributed by atoms with Gasteiger partial charge in [0.15, 0.2) is 0 Å². The van der Waals surface area contributed by atoms with Gasteiger partial charge in [-0.3, -0.25) is 4.79 Å². The molecule has 4 nitrogen and oxygen atoms in total. The van der Waals surface area contributed by atoms with Crippen molar-refractivity contribution < 1.29 is 4.79 Å². The molecule has 0 unspecified atom stereocenters. The molecule has 1 rings (SSSR count). The van der Waals surface area contributed by atoms with Gasteiger partial charge in [0.2, 0.25) is 0 Å². The van der Waals surface area contributed by atoms with Crippen LogP contribution in [0, 0.1) is 12.3 Å². The van der Waals surface area contributed by atoms with Crippen LogP contribution in [0.2, 0.25) is 0 Å². The Morgan fingerprint density at radius 2 is 2.29 bits per heavy atom. The highest BCUT2D eigenvalue weighted by Gasteiger charge is 2.19. The lowest BCUT2D eigenvalue weighted by Gasteiger charge is -2.20. The lowest BCUT2D eigenvalue weighted by atomic mass is 10.3. The number of rotatable bonds is 4. The minimum Gasteiger partial charge on any atom is -0.397 e. The Balaban J connectivity index is 3.07. The third-order valence-electron chi connectivity index (χ3n) is 2.60. The van der Waals surface area contributed by atoms with Crippen LogP contribution in [0.15, 0.2) is 12.3 Å². The molecule has 2 N–H and O–H groups in total. The van der Waals surface area contributed by atoms with Crippen LogP contribution in [0.1, 0.15) is 37.3 Å². The molecule has 0 aromatic carbocycles. The summed E-state index contributed by atoms with van der Waals surface area (Å²) in [6.45, 7) is 6.83. The summed E-state index contributed by atoms with van der Waals surface area (Å²) >= 11 is 0. The van der Waals surface area contributed by atoms with E-state index in [2.05, 4.69) is 5.92 Å². The highest BCUT2D eigenvalue weighted by molar-refractivity contribution is 5.94. The average molecular weight is 233 g/mol. The van der Waals surface area contributed by atoms with Crippen molar-refractivity contribution in [3.63, 3.8) is 0 Å². The zero-order valence-corrected chi connectivity index (χ0v) is 10.6. The number of anilines is 1. The third-order valence-corrected chi connectivity index (χ3v) is 2.60. The van der Waals surface area contributed by atoms with E-state index in [1.165, 1.54) is 0 Å². The molecule has 1 amide bonds. The Kier molecular flexibility index (Phi) is 4.22. The van der Waals surface area contributed by atoms with Gasteiger partial charge in [-0.25, -0.2) is 0 Å². The molecule has 1 aromatic rings. The summed E-state index contributed by atoms with van der Waals surface area (Å²) in [4.78, 5) is 13.9. The van der Waals surface area contributed by atoms with Crippen molar-refractivity contribution in [3.8, 4) is 12.3 Å². The first kappa shape index (κ1) is 13.2. The highest BCUT2D eigenvalue weighted by atomic mass is 16.2. The number of aromatic nitrogens is 1. The Hall–Kier alpha value is -1.89. The predicted molar refractivity (Wildman–Crippen MR) is 69.6 cm³/mol. The van der Waals surface area contributed by atoms with Crippen LogP contribution in [0.25, 0.3) is 0 Å². The van der Waals surface area contributed by atoms with E-state index in [1.807, 2.05) is 25.3 Å². The summed E-state index contributed by atoms with van der Waals surface area (Å²) in [7, 11) is 0. The summed E-state index contributed by atoms with van der Waals surface area (Å²) in [6.07, 6.45) is 7.03. The Morgan fingerprint density at radius 3 is 2.76 bits per heavy atom. The summed E-state index contributed by atoms with van der Waals surface area (Å²) in [5.41, 5.74) is 6.93. The Labute approximate surface area is 102 Å². The monoisotopic (exact) mass is 233 g/mol. The molecule has 0 saturated carbocycles. The van der Waals surface area contributed by atoms with Crippen molar-refractivity contribution in [2.75, 3.05) is 18.8 Å². The van der Waals surface area contributed by atoms with Crippen molar-refractivity contribution in [2.24, 2.45) is 0 Å². The SMILES string of the molecule is C#CCN(CC)C(=O)c1cc(N)cn1C(C)C. The number of terminal acetylenes is 1. The fraction of sp³-hybridized carbons (Fsp3) is 0.462. The maximum atomic E-state index is 12.3. The first-order valence-corrected chi connectivity index (χ1v) is 5.71. The Bertz CT molecular complexity index is 440. The number of hydrogen-bond acceptors (Lipinski definition) is 2. The standard InChI is InChI=1S/C13H19N3O/c1-5-7-15(6-2)13(17)12-8-11(14)9-16(12)10(3)4/h1,8-10H,6-7,14H2,2-4H3. The molecule has 0 saturated heterocycles. The van der Waals surface area contributed by atoms with Gasteiger partial charge in [-0.2, -0.15) is 0 Å². The van der Waals surface area contributed by atoms with E-state index in [1.54, 1.807) is 17.2 Å². The van der Waals surface area contributed by atoms with E-state index >= 15 is 0 Å². The van der Waals surface area contributed by atoms with Gasteiger partial charge in [-0.15, -0.1) is 6.42 Å². The van der Waals surface area contributed by atoms with Crippen molar-refractivity contribution in [3.05, 3.63) is 18.0 Å². The number of nitrogen functional groups attached to an aromatic ring is 1. The molecule has 0 fully saturated rings. The van der Waals surface area contributed by atoms with Crippen molar-refractivity contribution in [1.82, 2.24) is 9.47 Å². The van der Waals surface area contributed by atoms with Gasteiger partial charge >= 0.3 is 0 Å². The molecule has 0 atom stereocenters. The van der Waals surface area contributed by atoms with Gasteiger partial charge in [0, 0.05) is 18.8 Å². The van der Waals surface area contributed by atoms with Crippen molar-refractivity contribution >= 4 is 11.6 Å². The minimum atomic E-state index is -0.0733. The first-order chi connectivity index (χ1) is 8.01. The van der Waals surface area contributed by atoms with Crippen LogP contribution in [0.4, 0.5) is 5.69 Å². The predicted octanol–water partition coefficient (Wildman–Crippen LogP) is 1.75. The average Bonchev–Trinajstić information content (AvgIpc) is 2.67. The van der Waals surface area contributed by atoms with E-state index in [-0.39, 0.29) is 11.9 Å². The van der Waals surface area contributed by atoms with Gasteiger partial charge in [0.05, 0.1) is 12.2 Å². The van der Waals surface area contributed by atoms with Gasteiger partial charge in [-0.1, -0.05) is 5.92 Å².